The number of ether oxygens (including phenoxy) is 4. The Kier molecular flexibility index (Phi) is 5.96. The van der Waals surface area contributed by atoms with Crippen LogP contribution in [0, 0.1) is 13.8 Å². The number of aryl methyl sites for hydroxylation is 4. The first-order chi connectivity index (χ1) is 11.5. The van der Waals surface area contributed by atoms with E-state index in [-0.39, 0.29) is 0 Å². The number of benzene rings is 2. The van der Waals surface area contributed by atoms with Crippen LogP contribution in [-0.2, 0) is 12.8 Å². The summed E-state index contributed by atoms with van der Waals surface area (Å²) < 4.78 is 21.9. The zero-order valence-electron chi connectivity index (χ0n) is 15.4. The Morgan fingerprint density at radius 3 is 1.17 bits per heavy atom. The molecular formula is C20H26O4. The fourth-order valence-corrected chi connectivity index (χ4v) is 2.89. The van der Waals surface area contributed by atoms with Crippen LogP contribution in [0.3, 0.4) is 0 Å². The molecule has 0 amide bonds. The van der Waals surface area contributed by atoms with Crippen LogP contribution in [0.15, 0.2) is 24.3 Å². The minimum atomic E-state index is 0.822. The predicted octanol–water partition coefficient (Wildman–Crippen LogP) is 4.12. The molecule has 2 rings (SSSR count). The summed E-state index contributed by atoms with van der Waals surface area (Å²) in [5, 5.41) is 0. The third-order valence-electron chi connectivity index (χ3n) is 4.26. The molecule has 0 atom stereocenters. The van der Waals surface area contributed by atoms with Gasteiger partial charge in [-0.3, -0.25) is 0 Å². The quantitative estimate of drug-likeness (QED) is 0.765. The van der Waals surface area contributed by atoms with E-state index in [2.05, 4.69) is 0 Å². The van der Waals surface area contributed by atoms with Crippen molar-refractivity contribution in [1.82, 2.24) is 0 Å². The SMILES string of the molecule is COc1cc(CCc2cc(OC)c(C)cc2OC)c(OC)cc1C. The van der Waals surface area contributed by atoms with Gasteiger partial charge >= 0.3 is 0 Å². The number of methoxy groups -OCH3 is 4. The van der Waals surface area contributed by atoms with Crippen molar-refractivity contribution >= 4 is 0 Å². The van der Waals surface area contributed by atoms with Crippen molar-refractivity contribution < 1.29 is 18.9 Å². The molecule has 4 heteroatoms. The second-order valence-electron chi connectivity index (χ2n) is 5.77. The molecule has 0 spiro atoms. The maximum atomic E-state index is 5.52. The van der Waals surface area contributed by atoms with Crippen molar-refractivity contribution in [2.24, 2.45) is 0 Å². The fourth-order valence-electron chi connectivity index (χ4n) is 2.89. The van der Waals surface area contributed by atoms with Gasteiger partial charge in [0.25, 0.3) is 0 Å². The van der Waals surface area contributed by atoms with Gasteiger partial charge in [-0.2, -0.15) is 0 Å². The van der Waals surface area contributed by atoms with Gasteiger partial charge in [0.15, 0.2) is 0 Å². The normalized spacial score (nSPS) is 10.4. The maximum absolute atomic E-state index is 5.52. The lowest BCUT2D eigenvalue weighted by Gasteiger charge is -2.15. The van der Waals surface area contributed by atoms with Crippen LogP contribution >= 0.6 is 0 Å². The summed E-state index contributed by atoms with van der Waals surface area (Å²) in [4.78, 5) is 0. The van der Waals surface area contributed by atoms with Gasteiger partial charge in [0.05, 0.1) is 28.4 Å². The second-order valence-corrected chi connectivity index (χ2v) is 5.77. The smallest absolute Gasteiger partial charge is 0.122 e. The molecule has 0 saturated heterocycles. The van der Waals surface area contributed by atoms with Crippen LogP contribution in [0.1, 0.15) is 22.3 Å². The number of hydrogen-bond donors (Lipinski definition) is 0. The molecule has 0 aliphatic heterocycles. The highest BCUT2D eigenvalue weighted by atomic mass is 16.5. The largest absolute Gasteiger partial charge is 0.496 e. The molecule has 0 radical (unpaired) electrons. The Hall–Kier alpha value is -2.36. The van der Waals surface area contributed by atoms with E-state index in [0.717, 1.165) is 58.1 Å². The van der Waals surface area contributed by atoms with Crippen molar-refractivity contribution in [2.75, 3.05) is 28.4 Å². The zero-order chi connectivity index (χ0) is 17.7. The molecular weight excluding hydrogens is 304 g/mol. The van der Waals surface area contributed by atoms with Gasteiger partial charge in [-0.1, -0.05) is 0 Å². The van der Waals surface area contributed by atoms with Gasteiger partial charge in [0.2, 0.25) is 0 Å². The van der Waals surface area contributed by atoms with Crippen LogP contribution in [0.2, 0.25) is 0 Å². The molecule has 0 aromatic heterocycles. The van der Waals surface area contributed by atoms with Crippen molar-refractivity contribution in [3.8, 4) is 23.0 Å². The van der Waals surface area contributed by atoms with E-state index in [1.54, 1.807) is 28.4 Å². The summed E-state index contributed by atoms with van der Waals surface area (Å²) >= 11 is 0. The third-order valence-corrected chi connectivity index (χ3v) is 4.26. The summed E-state index contributed by atoms with van der Waals surface area (Å²) in [5.41, 5.74) is 4.35. The first kappa shape index (κ1) is 18.0. The molecule has 0 bridgehead atoms. The predicted molar refractivity (Wildman–Crippen MR) is 96.0 cm³/mol. The van der Waals surface area contributed by atoms with E-state index in [1.165, 1.54) is 0 Å². The summed E-state index contributed by atoms with van der Waals surface area (Å²) in [6.07, 6.45) is 1.64. The zero-order valence-corrected chi connectivity index (χ0v) is 15.4. The number of hydrogen-bond acceptors (Lipinski definition) is 4. The van der Waals surface area contributed by atoms with Gasteiger partial charge in [-0.25, -0.2) is 0 Å². The molecule has 0 heterocycles. The standard InChI is InChI=1S/C20H26O4/c1-13-9-19(23-5)15(11-17(13)21-3)7-8-16-12-18(22-4)14(2)10-20(16)24-6/h9-12H,7-8H2,1-6H3. The van der Waals surface area contributed by atoms with E-state index in [0.29, 0.717) is 0 Å². The molecule has 24 heavy (non-hydrogen) atoms. The minimum Gasteiger partial charge on any atom is -0.496 e. The van der Waals surface area contributed by atoms with E-state index in [1.807, 2.05) is 38.1 Å². The first-order valence-electron chi connectivity index (χ1n) is 7.97. The van der Waals surface area contributed by atoms with E-state index in [4.69, 9.17) is 18.9 Å². The van der Waals surface area contributed by atoms with Crippen molar-refractivity contribution in [2.45, 2.75) is 26.7 Å². The average molecular weight is 330 g/mol. The van der Waals surface area contributed by atoms with Crippen LogP contribution < -0.4 is 18.9 Å². The molecule has 2 aromatic carbocycles. The topological polar surface area (TPSA) is 36.9 Å². The monoisotopic (exact) mass is 330 g/mol. The van der Waals surface area contributed by atoms with Crippen molar-refractivity contribution in [3.05, 3.63) is 46.5 Å². The first-order valence-corrected chi connectivity index (χ1v) is 7.97. The van der Waals surface area contributed by atoms with Gasteiger partial charge in [0, 0.05) is 0 Å². The Morgan fingerprint density at radius 1 is 0.542 bits per heavy atom. The van der Waals surface area contributed by atoms with Crippen LogP contribution in [0.25, 0.3) is 0 Å². The Bertz CT molecular complexity index is 646. The average Bonchev–Trinajstić information content (AvgIpc) is 2.60. The lowest BCUT2D eigenvalue weighted by atomic mass is 9.99. The maximum Gasteiger partial charge on any atom is 0.122 e. The molecule has 2 aromatic rings. The molecule has 4 nitrogen and oxygen atoms in total. The van der Waals surface area contributed by atoms with E-state index >= 15 is 0 Å². The molecule has 0 unspecified atom stereocenters. The number of rotatable bonds is 7. The summed E-state index contributed by atoms with van der Waals surface area (Å²) in [5.74, 6) is 3.51. The minimum absolute atomic E-state index is 0.822. The summed E-state index contributed by atoms with van der Waals surface area (Å²) in [6.45, 7) is 4.03. The molecule has 130 valence electrons. The molecule has 0 saturated carbocycles. The van der Waals surface area contributed by atoms with E-state index < -0.39 is 0 Å². The van der Waals surface area contributed by atoms with Crippen molar-refractivity contribution in [1.29, 1.82) is 0 Å². The highest BCUT2D eigenvalue weighted by Gasteiger charge is 2.12. The van der Waals surface area contributed by atoms with Gasteiger partial charge in [-0.05, 0) is 73.2 Å². The molecule has 0 N–H and O–H groups in total. The lowest BCUT2D eigenvalue weighted by molar-refractivity contribution is 0.393. The van der Waals surface area contributed by atoms with Gasteiger partial charge in [-0.15, -0.1) is 0 Å². The van der Waals surface area contributed by atoms with Crippen LogP contribution in [-0.4, -0.2) is 28.4 Å². The van der Waals surface area contributed by atoms with Crippen LogP contribution in [0.4, 0.5) is 0 Å². The lowest BCUT2D eigenvalue weighted by Crippen LogP contribution is -2.01. The summed E-state index contributed by atoms with van der Waals surface area (Å²) in [6, 6.07) is 8.13. The Labute approximate surface area is 144 Å². The Morgan fingerprint density at radius 2 is 0.875 bits per heavy atom. The highest BCUT2D eigenvalue weighted by molar-refractivity contribution is 5.48. The molecule has 0 fully saturated rings. The summed E-state index contributed by atoms with van der Waals surface area (Å²) in [7, 11) is 6.76. The third kappa shape index (κ3) is 3.75. The van der Waals surface area contributed by atoms with Crippen molar-refractivity contribution in [3.63, 3.8) is 0 Å². The Balaban J connectivity index is 2.30. The molecule has 0 aliphatic carbocycles. The van der Waals surface area contributed by atoms with Crippen LogP contribution in [0.5, 0.6) is 23.0 Å². The fraction of sp³-hybridized carbons (Fsp3) is 0.400. The highest BCUT2D eigenvalue weighted by Crippen LogP contribution is 2.32. The molecule has 0 aliphatic rings. The van der Waals surface area contributed by atoms with Gasteiger partial charge in [0.1, 0.15) is 23.0 Å². The van der Waals surface area contributed by atoms with E-state index in [9.17, 15) is 0 Å². The van der Waals surface area contributed by atoms with Gasteiger partial charge < -0.3 is 18.9 Å². The second kappa shape index (κ2) is 7.95.